The van der Waals surface area contributed by atoms with Gasteiger partial charge < -0.3 is 15.5 Å². The Hall–Kier alpha value is -1.23. The fourth-order valence-electron chi connectivity index (χ4n) is 1.73. The lowest BCUT2D eigenvalue weighted by Gasteiger charge is -2.18. The molecule has 2 aromatic carbocycles. The second kappa shape index (κ2) is 6.28. The first-order valence-corrected chi connectivity index (χ1v) is 6.88. The van der Waals surface area contributed by atoms with Gasteiger partial charge in [0, 0.05) is 10.2 Å². The lowest BCUT2D eigenvalue weighted by Crippen LogP contribution is -2.14. The summed E-state index contributed by atoms with van der Waals surface area (Å²) in [6.45, 7) is -0.0506. The van der Waals surface area contributed by atoms with Crippen LogP contribution >= 0.6 is 27.5 Å². The molecule has 3 nitrogen and oxygen atoms in total. The van der Waals surface area contributed by atoms with Gasteiger partial charge in [-0.05, 0) is 51.8 Å². The summed E-state index contributed by atoms with van der Waals surface area (Å²) in [5.41, 5.74) is 1.75. The van der Waals surface area contributed by atoms with Crippen molar-refractivity contribution in [1.29, 1.82) is 0 Å². The Morgan fingerprint density at radius 3 is 2.42 bits per heavy atom. The van der Waals surface area contributed by atoms with E-state index >= 15 is 0 Å². The highest BCUT2D eigenvalue weighted by molar-refractivity contribution is 9.10. The fourth-order valence-corrected chi connectivity index (χ4v) is 2.22. The van der Waals surface area contributed by atoms with Gasteiger partial charge in [-0.25, -0.2) is 0 Å². The summed E-state index contributed by atoms with van der Waals surface area (Å²) in [5, 5.41) is 22.6. The molecule has 0 aliphatic heterocycles. The normalized spacial score (nSPS) is 12.2. The van der Waals surface area contributed by atoms with Crippen LogP contribution in [0.2, 0.25) is 5.02 Å². The maximum atomic E-state index is 9.47. The highest BCUT2D eigenvalue weighted by atomic mass is 79.9. The minimum absolute atomic E-state index is 0.0506. The molecule has 0 radical (unpaired) electrons. The Morgan fingerprint density at radius 2 is 1.84 bits per heavy atom. The van der Waals surface area contributed by atoms with Crippen molar-refractivity contribution in [2.75, 3.05) is 11.9 Å². The van der Waals surface area contributed by atoms with E-state index in [0.717, 1.165) is 15.7 Å². The molecular weight excluding hydrogens is 330 g/mol. The topological polar surface area (TPSA) is 52.5 Å². The largest absolute Gasteiger partial charge is 0.508 e. The Kier molecular flexibility index (Phi) is 4.69. The number of anilines is 1. The zero-order valence-electron chi connectivity index (χ0n) is 9.98. The molecule has 100 valence electrons. The molecule has 0 bridgehead atoms. The third-order valence-electron chi connectivity index (χ3n) is 2.74. The number of aliphatic hydroxyl groups is 1. The van der Waals surface area contributed by atoms with Crippen molar-refractivity contribution >= 4 is 33.2 Å². The lowest BCUT2D eigenvalue weighted by atomic mass is 10.1. The zero-order chi connectivity index (χ0) is 13.8. The zero-order valence-corrected chi connectivity index (χ0v) is 12.3. The molecule has 2 aromatic rings. The molecule has 0 spiro atoms. The van der Waals surface area contributed by atoms with Crippen LogP contribution in [-0.4, -0.2) is 16.8 Å². The van der Waals surface area contributed by atoms with Gasteiger partial charge in [-0.15, -0.1) is 0 Å². The van der Waals surface area contributed by atoms with E-state index in [4.69, 9.17) is 11.6 Å². The predicted octanol–water partition coefficient (Wildman–Crippen LogP) is 3.95. The van der Waals surface area contributed by atoms with E-state index in [1.807, 2.05) is 12.1 Å². The highest BCUT2D eigenvalue weighted by Gasteiger charge is 2.10. The molecule has 0 aliphatic rings. The van der Waals surface area contributed by atoms with Crippen molar-refractivity contribution in [2.24, 2.45) is 0 Å². The quantitative estimate of drug-likeness (QED) is 0.788. The van der Waals surface area contributed by atoms with Crippen LogP contribution in [0.1, 0.15) is 11.6 Å². The molecule has 1 unspecified atom stereocenters. The van der Waals surface area contributed by atoms with Gasteiger partial charge in [0.2, 0.25) is 0 Å². The number of aliphatic hydroxyl groups excluding tert-OH is 1. The molecule has 0 amide bonds. The Balaban J connectivity index is 2.18. The van der Waals surface area contributed by atoms with E-state index in [0.29, 0.717) is 5.02 Å². The molecule has 19 heavy (non-hydrogen) atoms. The first-order valence-electron chi connectivity index (χ1n) is 5.71. The predicted molar refractivity (Wildman–Crippen MR) is 80.7 cm³/mol. The van der Waals surface area contributed by atoms with Crippen LogP contribution in [0.5, 0.6) is 5.75 Å². The van der Waals surface area contributed by atoms with E-state index in [1.165, 1.54) is 0 Å². The van der Waals surface area contributed by atoms with Gasteiger partial charge >= 0.3 is 0 Å². The molecule has 5 heteroatoms. The van der Waals surface area contributed by atoms with Crippen molar-refractivity contribution < 1.29 is 10.2 Å². The van der Waals surface area contributed by atoms with Crippen molar-refractivity contribution in [3.05, 3.63) is 57.5 Å². The second-order valence-electron chi connectivity index (χ2n) is 4.10. The van der Waals surface area contributed by atoms with Crippen LogP contribution in [0.4, 0.5) is 5.69 Å². The van der Waals surface area contributed by atoms with E-state index in [-0.39, 0.29) is 18.4 Å². The van der Waals surface area contributed by atoms with Crippen LogP contribution in [-0.2, 0) is 0 Å². The van der Waals surface area contributed by atoms with E-state index in [1.54, 1.807) is 30.3 Å². The number of phenolic OH excluding ortho intramolecular Hbond substituents is 1. The smallest absolute Gasteiger partial charge is 0.115 e. The molecular formula is C14H13BrClNO2. The number of benzene rings is 2. The van der Waals surface area contributed by atoms with E-state index in [2.05, 4.69) is 21.2 Å². The van der Waals surface area contributed by atoms with Gasteiger partial charge in [0.05, 0.1) is 17.7 Å². The maximum Gasteiger partial charge on any atom is 0.115 e. The fraction of sp³-hybridized carbons (Fsp3) is 0.143. The van der Waals surface area contributed by atoms with Gasteiger partial charge in [-0.1, -0.05) is 23.7 Å². The summed E-state index contributed by atoms with van der Waals surface area (Å²) < 4.78 is 0.793. The van der Waals surface area contributed by atoms with Crippen LogP contribution in [0.3, 0.4) is 0 Å². The monoisotopic (exact) mass is 341 g/mol. The summed E-state index contributed by atoms with van der Waals surface area (Å²) in [5.74, 6) is 0.203. The standard InChI is InChI=1S/C14H13BrClNO2/c15-12-7-10(3-6-13(12)16)17-14(8-18)9-1-4-11(19)5-2-9/h1-7,14,17-19H,8H2. The number of rotatable bonds is 4. The molecule has 0 saturated carbocycles. The number of hydrogen-bond acceptors (Lipinski definition) is 3. The minimum Gasteiger partial charge on any atom is -0.508 e. The summed E-state index contributed by atoms with van der Waals surface area (Å²) in [6, 6.07) is 12.0. The van der Waals surface area contributed by atoms with Crippen LogP contribution < -0.4 is 5.32 Å². The molecule has 0 heterocycles. The summed E-state index contributed by atoms with van der Waals surface area (Å²) >= 11 is 9.29. The van der Waals surface area contributed by atoms with Gasteiger partial charge in [0.15, 0.2) is 0 Å². The summed E-state index contributed by atoms with van der Waals surface area (Å²) in [4.78, 5) is 0. The molecule has 0 saturated heterocycles. The number of nitrogens with one attached hydrogen (secondary N) is 1. The molecule has 0 aromatic heterocycles. The van der Waals surface area contributed by atoms with Gasteiger partial charge in [0.1, 0.15) is 5.75 Å². The van der Waals surface area contributed by atoms with Crippen molar-refractivity contribution in [3.8, 4) is 5.75 Å². The third-order valence-corrected chi connectivity index (χ3v) is 3.95. The number of hydrogen-bond donors (Lipinski definition) is 3. The molecule has 1 atom stereocenters. The lowest BCUT2D eigenvalue weighted by molar-refractivity contribution is 0.276. The van der Waals surface area contributed by atoms with Crippen molar-refractivity contribution in [3.63, 3.8) is 0 Å². The first kappa shape index (κ1) is 14.2. The maximum absolute atomic E-state index is 9.47. The summed E-state index contributed by atoms with van der Waals surface area (Å²) in [7, 11) is 0. The average molecular weight is 343 g/mol. The number of aromatic hydroxyl groups is 1. The van der Waals surface area contributed by atoms with E-state index in [9.17, 15) is 10.2 Å². The molecule has 0 aliphatic carbocycles. The van der Waals surface area contributed by atoms with Crippen LogP contribution in [0.15, 0.2) is 46.9 Å². The number of halogens is 2. The molecule has 2 rings (SSSR count). The second-order valence-corrected chi connectivity index (χ2v) is 5.36. The molecule has 3 N–H and O–H groups in total. The molecule has 0 fully saturated rings. The Bertz CT molecular complexity index is 560. The average Bonchev–Trinajstić information content (AvgIpc) is 2.41. The van der Waals surface area contributed by atoms with Crippen LogP contribution in [0.25, 0.3) is 0 Å². The minimum atomic E-state index is -0.242. The SMILES string of the molecule is OCC(Nc1ccc(Cl)c(Br)c1)c1ccc(O)cc1. The van der Waals surface area contributed by atoms with Crippen molar-refractivity contribution in [1.82, 2.24) is 0 Å². The van der Waals surface area contributed by atoms with E-state index < -0.39 is 0 Å². The first-order chi connectivity index (χ1) is 9.10. The van der Waals surface area contributed by atoms with Crippen molar-refractivity contribution in [2.45, 2.75) is 6.04 Å². The van der Waals surface area contributed by atoms with Crippen LogP contribution in [0, 0.1) is 0 Å². The van der Waals surface area contributed by atoms with Gasteiger partial charge in [-0.3, -0.25) is 0 Å². The third kappa shape index (κ3) is 3.62. The van der Waals surface area contributed by atoms with Gasteiger partial charge in [-0.2, -0.15) is 0 Å². The Morgan fingerprint density at radius 1 is 1.16 bits per heavy atom. The number of phenols is 1. The highest BCUT2D eigenvalue weighted by Crippen LogP contribution is 2.28. The summed E-state index contributed by atoms with van der Waals surface area (Å²) in [6.07, 6.45) is 0. The Labute approximate surface area is 125 Å². The van der Waals surface area contributed by atoms with Gasteiger partial charge in [0.25, 0.3) is 0 Å².